The quantitative estimate of drug-likeness (QED) is 0.404. The standard InChI is InChI=1S/C29H29N5O/c1-4-21-10-6-12-23(16-21)31-29(35)34-15-13-25-24(18-34)27(26-19(2)8-5-9-20(26)3)33-28(32-25)22-11-7-14-30-17-22/h5-12,14,16-17H,4,13,15,18H2,1-3H3,(H,31,35). The molecule has 1 aliphatic heterocycles. The van der Waals surface area contributed by atoms with Crippen LogP contribution >= 0.6 is 0 Å². The van der Waals surface area contributed by atoms with Crippen LogP contribution in [-0.2, 0) is 19.4 Å². The van der Waals surface area contributed by atoms with Crippen molar-refractivity contribution in [2.45, 2.75) is 40.2 Å². The van der Waals surface area contributed by atoms with Gasteiger partial charge in [-0.2, -0.15) is 0 Å². The molecular formula is C29H29N5O. The van der Waals surface area contributed by atoms with E-state index >= 15 is 0 Å². The minimum atomic E-state index is -0.104. The fourth-order valence-electron chi connectivity index (χ4n) is 4.68. The van der Waals surface area contributed by atoms with Crippen molar-refractivity contribution >= 4 is 11.7 Å². The van der Waals surface area contributed by atoms with E-state index in [1.165, 1.54) is 5.56 Å². The van der Waals surface area contributed by atoms with Crippen LogP contribution in [0.5, 0.6) is 0 Å². The molecule has 5 rings (SSSR count). The zero-order valence-electron chi connectivity index (χ0n) is 20.4. The molecule has 0 atom stereocenters. The van der Waals surface area contributed by atoms with E-state index < -0.39 is 0 Å². The number of pyridine rings is 1. The Kier molecular flexibility index (Phi) is 6.27. The van der Waals surface area contributed by atoms with Gasteiger partial charge >= 0.3 is 6.03 Å². The molecule has 0 saturated heterocycles. The number of nitrogens with one attached hydrogen (secondary N) is 1. The first-order valence-electron chi connectivity index (χ1n) is 12.0. The molecule has 6 nitrogen and oxygen atoms in total. The van der Waals surface area contributed by atoms with Gasteiger partial charge in [0, 0.05) is 47.7 Å². The van der Waals surface area contributed by atoms with Crippen LogP contribution in [0.4, 0.5) is 10.5 Å². The molecule has 1 aliphatic rings. The van der Waals surface area contributed by atoms with Gasteiger partial charge in [-0.3, -0.25) is 4.98 Å². The van der Waals surface area contributed by atoms with Gasteiger partial charge in [0.2, 0.25) is 0 Å². The molecular weight excluding hydrogens is 434 g/mol. The number of anilines is 1. The minimum absolute atomic E-state index is 0.104. The van der Waals surface area contributed by atoms with Crippen molar-refractivity contribution in [3.8, 4) is 22.6 Å². The monoisotopic (exact) mass is 463 g/mol. The summed E-state index contributed by atoms with van der Waals surface area (Å²) in [6.45, 7) is 7.38. The third-order valence-electron chi connectivity index (χ3n) is 6.57. The maximum atomic E-state index is 13.2. The summed E-state index contributed by atoms with van der Waals surface area (Å²) in [7, 11) is 0. The number of carbonyl (C=O) groups is 1. The Balaban J connectivity index is 1.53. The highest BCUT2D eigenvalue weighted by Gasteiger charge is 2.27. The van der Waals surface area contributed by atoms with E-state index in [1.54, 1.807) is 12.4 Å². The minimum Gasteiger partial charge on any atom is -0.320 e. The van der Waals surface area contributed by atoms with Gasteiger partial charge in [-0.1, -0.05) is 37.3 Å². The third-order valence-corrected chi connectivity index (χ3v) is 6.57. The second kappa shape index (κ2) is 9.66. The van der Waals surface area contributed by atoms with Crippen molar-refractivity contribution in [1.82, 2.24) is 19.9 Å². The molecule has 1 N–H and O–H groups in total. The lowest BCUT2D eigenvalue weighted by Crippen LogP contribution is -2.39. The van der Waals surface area contributed by atoms with Crippen LogP contribution in [0.2, 0.25) is 0 Å². The van der Waals surface area contributed by atoms with E-state index in [0.717, 1.165) is 51.3 Å². The lowest BCUT2D eigenvalue weighted by Gasteiger charge is -2.30. The summed E-state index contributed by atoms with van der Waals surface area (Å²) in [6, 6.07) is 18.1. The second-order valence-electron chi connectivity index (χ2n) is 8.99. The second-order valence-corrected chi connectivity index (χ2v) is 8.99. The first-order chi connectivity index (χ1) is 17.0. The fourth-order valence-corrected chi connectivity index (χ4v) is 4.68. The van der Waals surface area contributed by atoms with E-state index in [4.69, 9.17) is 9.97 Å². The number of aromatic nitrogens is 3. The average molecular weight is 464 g/mol. The van der Waals surface area contributed by atoms with E-state index in [2.05, 4.69) is 55.3 Å². The van der Waals surface area contributed by atoms with Gasteiger partial charge in [-0.15, -0.1) is 0 Å². The Hall–Kier alpha value is -4.06. The number of hydrogen-bond acceptors (Lipinski definition) is 4. The largest absolute Gasteiger partial charge is 0.322 e. The van der Waals surface area contributed by atoms with Gasteiger partial charge in [0.25, 0.3) is 0 Å². The number of aryl methyl sites for hydroxylation is 3. The Morgan fingerprint density at radius 2 is 1.83 bits per heavy atom. The van der Waals surface area contributed by atoms with Crippen molar-refractivity contribution in [3.63, 3.8) is 0 Å². The Bertz CT molecular complexity index is 1360. The van der Waals surface area contributed by atoms with Crippen molar-refractivity contribution in [2.75, 3.05) is 11.9 Å². The molecule has 0 radical (unpaired) electrons. The molecule has 35 heavy (non-hydrogen) atoms. The number of amides is 2. The van der Waals surface area contributed by atoms with Crippen LogP contribution in [0.3, 0.4) is 0 Å². The number of fused-ring (bicyclic) bond motifs is 1. The van der Waals surface area contributed by atoms with E-state index in [0.29, 0.717) is 25.3 Å². The molecule has 0 bridgehead atoms. The van der Waals surface area contributed by atoms with Crippen LogP contribution < -0.4 is 5.32 Å². The first kappa shape index (κ1) is 22.7. The van der Waals surface area contributed by atoms with Gasteiger partial charge in [0.05, 0.1) is 17.9 Å². The average Bonchev–Trinajstić information content (AvgIpc) is 2.88. The number of carbonyl (C=O) groups excluding carboxylic acids is 1. The van der Waals surface area contributed by atoms with Crippen LogP contribution in [0.1, 0.15) is 34.9 Å². The molecule has 0 unspecified atom stereocenters. The molecule has 176 valence electrons. The summed E-state index contributed by atoms with van der Waals surface area (Å²) in [5.41, 5.74) is 9.22. The highest BCUT2D eigenvalue weighted by atomic mass is 16.2. The zero-order valence-corrected chi connectivity index (χ0v) is 20.4. The fraction of sp³-hybridized carbons (Fsp3) is 0.241. The molecule has 0 aliphatic carbocycles. The Morgan fingerprint density at radius 1 is 1.03 bits per heavy atom. The SMILES string of the molecule is CCc1cccc(NC(=O)N2CCc3nc(-c4cccnc4)nc(-c4c(C)cccc4C)c3C2)c1. The topological polar surface area (TPSA) is 71.0 Å². The van der Waals surface area contributed by atoms with Gasteiger partial charge in [0.1, 0.15) is 0 Å². The molecule has 6 heteroatoms. The maximum absolute atomic E-state index is 13.2. The molecule has 3 heterocycles. The summed E-state index contributed by atoms with van der Waals surface area (Å²) >= 11 is 0. The summed E-state index contributed by atoms with van der Waals surface area (Å²) in [6.07, 6.45) is 5.15. The highest BCUT2D eigenvalue weighted by molar-refractivity contribution is 5.90. The van der Waals surface area contributed by atoms with Gasteiger partial charge in [0.15, 0.2) is 5.82 Å². The van der Waals surface area contributed by atoms with Crippen LogP contribution in [0.15, 0.2) is 67.0 Å². The molecule has 2 aromatic heterocycles. The summed E-state index contributed by atoms with van der Waals surface area (Å²) in [4.78, 5) is 29.3. The van der Waals surface area contributed by atoms with Gasteiger partial charge < -0.3 is 10.2 Å². The number of benzene rings is 2. The Labute approximate surface area is 206 Å². The maximum Gasteiger partial charge on any atom is 0.322 e. The molecule has 0 saturated carbocycles. The lowest BCUT2D eigenvalue weighted by molar-refractivity contribution is 0.206. The van der Waals surface area contributed by atoms with Crippen molar-refractivity contribution in [2.24, 2.45) is 0 Å². The van der Waals surface area contributed by atoms with E-state index in [9.17, 15) is 4.79 Å². The molecule has 4 aromatic rings. The zero-order chi connectivity index (χ0) is 24.4. The molecule has 0 fully saturated rings. The van der Waals surface area contributed by atoms with E-state index in [1.807, 2.05) is 35.2 Å². The van der Waals surface area contributed by atoms with Gasteiger partial charge in [-0.25, -0.2) is 14.8 Å². The molecule has 2 amide bonds. The summed E-state index contributed by atoms with van der Waals surface area (Å²) in [5.74, 6) is 0.670. The number of rotatable bonds is 4. The third kappa shape index (κ3) is 4.64. The van der Waals surface area contributed by atoms with E-state index in [-0.39, 0.29) is 6.03 Å². The molecule has 2 aromatic carbocycles. The summed E-state index contributed by atoms with van der Waals surface area (Å²) < 4.78 is 0. The predicted molar refractivity (Wildman–Crippen MR) is 139 cm³/mol. The first-order valence-corrected chi connectivity index (χ1v) is 12.0. The normalized spacial score (nSPS) is 12.8. The highest BCUT2D eigenvalue weighted by Crippen LogP contribution is 2.34. The van der Waals surface area contributed by atoms with Crippen molar-refractivity contribution in [3.05, 3.63) is 94.9 Å². The number of nitrogens with zero attached hydrogens (tertiary/aromatic N) is 4. The van der Waals surface area contributed by atoms with Crippen molar-refractivity contribution in [1.29, 1.82) is 0 Å². The summed E-state index contributed by atoms with van der Waals surface area (Å²) in [5, 5.41) is 3.07. The van der Waals surface area contributed by atoms with Crippen LogP contribution in [0, 0.1) is 13.8 Å². The van der Waals surface area contributed by atoms with Crippen LogP contribution in [0.25, 0.3) is 22.6 Å². The van der Waals surface area contributed by atoms with Crippen molar-refractivity contribution < 1.29 is 4.79 Å². The lowest BCUT2D eigenvalue weighted by atomic mass is 9.93. The number of urea groups is 1. The Morgan fingerprint density at radius 3 is 2.57 bits per heavy atom. The number of hydrogen-bond donors (Lipinski definition) is 1. The smallest absolute Gasteiger partial charge is 0.320 e. The predicted octanol–water partition coefficient (Wildman–Crippen LogP) is 5.98. The van der Waals surface area contributed by atoms with Crippen LogP contribution in [-0.4, -0.2) is 32.4 Å². The van der Waals surface area contributed by atoms with Gasteiger partial charge in [-0.05, 0) is 61.2 Å². The molecule has 0 spiro atoms.